The van der Waals surface area contributed by atoms with Crippen LogP contribution in [0, 0.1) is 0 Å². The zero-order valence-electron chi connectivity index (χ0n) is 10.0. The van der Waals surface area contributed by atoms with E-state index in [1.165, 1.54) is 4.31 Å². The molecule has 0 aliphatic carbocycles. The van der Waals surface area contributed by atoms with Crippen LogP contribution in [0.1, 0.15) is 12.8 Å². The molecule has 0 spiro atoms. The first kappa shape index (κ1) is 13.9. The molecule has 1 aliphatic heterocycles. The van der Waals surface area contributed by atoms with Crippen molar-refractivity contribution in [3.8, 4) is 0 Å². The molecule has 0 aromatic carbocycles. The second-order valence-corrected chi connectivity index (χ2v) is 6.14. The molecule has 0 bridgehead atoms. The molecular formula is C9H22N4O2S. The van der Waals surface area contributed by atoms with E-state index in [0.717, 1.165) is 19.5 Å². The Hall–Kier alpha value is -0.210. The van der Waals surface area contributed by atoms with Crippen LogP contribution in [0.25, 0.3) is 0 Å². The van der Waals surface area contributed by atoms with Crippen LogP contribution < -0.4 is 10.5 Å². The lowest BCUT2D eigenvalue weighted by atomic mass is 10.3. The highest BCUT2D eigenvalue weighted by Gasteiger charge is 2.26. The molecule has 3 N–H and O–H groups in total. The summed E-state index contributed by atoms with van der Waals surface area (Å²) in [7, 11) is 0.234. The fourth-order valence-corrected chi connectivity index (χ4v) is 2.93. The predicted molar refractivity (Wildman–Crippen MR) is 64.3 cm³/mol. The lowest BCUT2D eigenvalue weighted by molar-refractivity contribution is 0.401. The number of nitrogens with one attached hydrogen (secondary N) is 1. The summed E-state index contributed by atoms with van der Waals surface area (Å²) in [6.45, 7) is 2.70. The van der Waals surface area contributed by atoms with E-state index in [4.69, 9.17) is 5.73 Å². The Morgan fingerprint density at radius 3 is 2.75 bits per heavy atom. The lowest BCUT2D eigenvalue weighted by Gasteiger charge is -2.20. The van der Waals surface area contributed by atoms with Crippen molar-refractivity contribution in [2.75, 3.05) is 40.3 Å². The van der Waals surface area contributed by atoms with E-state index in [-0.39, 0.29) is 6.04 Å². The van der Waals surface area contributed by atoms with Crippen molar-refractivity contribution < 1.29 is 8.42 Å². The molecule has 0 saturated carbocycles. The first-order valence-corrected chi connectivity index (χ1v) is 7.02. The summed E-state index contributed by atoms with van der Waals surface area (Å²) in [5, 5.41) is 0. The van der Waals surface area contributed by atoms with Gasteiger partial charge in [-0.3, -0.25) is 0 Å². The minimum atomic E-state index is -3.34. The van der Waals surface area contributed by atoms with Crippen LogP contribution in [0.2, 0.25) is 0 Å². The quantitative estimate of drug-likeness (QED) is 0.621. The maximum atomic E-state index is 11.9. The molecule has 0 aromatic heterocycles. The summed E-state index contributed by atoms with van der Waals surface area (Å²) >= 11 is 0. The van der Waals surface area contributed by atoms with E-state index in [0.29, 0.717) is 19.5 Å². The number of hydrogen-bond acceptors (Lipinski definition) is 4. The van der Waals surface area contributed by atoms with E-state index in [2.05, 4.69) is 9.62 Å². The second kappa shape index (κ2) is 5.92. The third-order valence-corrected chi connectivity index (χ3v) is 4.43. The van der Waals surface area contributed by atoms with Crippen LogP contribution in [-0.2, 0) is 10.2 Å². The first-order valence-electron chi connectivity index (χ1n) is 5.58. The molecule has 1 fully saturated rings. The maximum absolute atomic E-state index is 11.9. The largest absolute Gasteiger partial charge is 0.330 e. The van der Waals surface area contributed by atoms with Gasteiger partial charge in [-0.15, -0.1) is 0 Å². The standard InChI is InChI=1S/C9H22N4O2S/c1-12-7-4-9(8-12)11-16(14,15)13(2)6-3-5-10/h9,11H,3-8,10H2,1-2H3. The second-order valence-electron chi connectivity index (χ2n) is 4.33. The summed E-state index contributed by atoms with van der Waals surface area (Å²) in [6, 6.07) is 0.0373. The molecule has 0 radical (unpaired) electrons. The molecule has 1 unspecified atom stereocenters. The molecule has 1 rings (SSSR count). The smallest absolute Gasteiger partial charge is 0.279 e. The van der Waals surface area contributed by atoms with E-state index in [9.17, 15) is 8.42 Å². The van der Waals surface area contributed by atoms with Crippen molar-refractivity contribution in [1.29, 1.82) is 0 Å². The summed E-state index contributed by atoms with van der Waals surface area (Å²) in [6.07, 6.45) is 1.56. The zero-order chi connectivity index (χ0) is 12.2. The molecule has 6 nitrogen and oxygen atoms in total. The topological polar surface area (TPSA) is 78.7 Å². The normalized spacial score (nSPS) is 23.1. The number of hydrogen-bond donors (Lipinski definition) is 2. The molecular weight excluding hydrogens is 228 g/mol. The highest BCUT2D eigenvalue weighted by atomic mass is 32.2. The molecule has 96 valence electrons. The SMILES string of the molecule is CN1CCC(NS(=O)(=O)N(C)CCCN)C1. The molecule has 16 heavy (non-hydrogen) atoms. The highest BCUT2D eigenvalue weighted by molar-refractivity contribution is 7.87. The number of nitrogens with zero attached hydrogens (tertiary/aromatic N) is 2. The first-order chi connectivity index (χ1) is 7.45. The number of rotatable bonds is 6. The lowest BCUT2D eigenvalue weighted by Crippen LogP contribution is -2.45. The minimum Gasteiger partial charge on any atom is -0.330 e. The Morgan fingerprint density at radius 2 is 2.25 bits per heavy atom. The van der Waals surface area contributed by atoms with Gasteiger partial charge in [-0.25, -0.2) is 0 Å². The molecule has 1 heterocycles. The Bertz CT molecular complexity index is 307. The fourth-order valence-electron chi connectivity index (χ4n) is 1.77. The van der Waals surface area contributed by atoms with Gasteiger partial charge in [-0.2, -0.15) is 17.4 Å². The van der Waals surface area contributed by atoms with Crippen LogP contribution in [0.4, 0.5) is 0 Å². The van der Waals surface area contributed by atoms with Crippen molar-refractivity contribution in [3.05, 3.63) is 0 Å². The Morgan fingerprint density at radius 1 is 1.56 bits per heavy atom. The van der Waals surface area contributed by atoms with Crippen LogP contribution >= 0.6 is 0 Å². The summed E-state index contributed by atoms with van der Waals surface area (Å²) < 4.78 is 27.8. The highest BCUT2D eigenvalue weighted by Crippen LogP contribution is 2.08. The Balaban J connectivity index is 2.44. The number of nitrogens with two attached hydrogens (primary N) is 1. The summed E-state index contributed by atoms with van der Waals surface area (Å²) in [4.78, 5) is 2.12. The average Bonchev–Trinajstić information content (AvgIpc) is 2.59. The van der Waals surface area contributed by atoms with E-state index >= 15 is 0 Å². The maximum Gasteiger partial charge on any atom is 0.279 e. The van der Waals surface area contributed by atoms with Crippen molar-refractivity contribution in [1.82, 2.24) is 13.9 Å². The van der Waals surface area contributed by atoms with E-state index < -0.39 is 10.2 Å². The van der Waals surface area contributed by atoms with Gasteiger partial charge in [0.15, 0.2) is 0 Å². The number of likely N-dealkylation sites (N-methyl/N-ethyl adjacent to an activating group) is 1. The monoisotopic (exact) mass is 250 g/mol. The summed E-state index contributed by atoms with van der Waals surface area (Å²) in [5.41, 5.74) is 5.35. The molecule has 1 saturated heterocycles. The van der Waals surface area contributed by atoms with Crippen LogP contribution in [-0.4, -0.2) is 63.9 Å². The van der Waals surface area contributed by atoms with Crippen molar-refractivity contribution in [2.45, 2.75) is 18.9 Å². The number of likely N-dealkylation sites (tertiary alicyclic amines) is 1. The van der Waals surface area contributed by atoms with Gasteiger partial charge in [-0.1, -0.05) is 0 Å². The van der Waals surface area contributed by atoms with Crippen LogP contribution in [0.5, 0.6) is 0 Å². The average molecular weight is 250 g/mol. The molecule has 0 amide bonds. The van der Waals surface area contributed by atoms with Crippen LogP contribution in [0.15, 0.2) is 0 Å². The Kier molecular flexibility index (Phi) is 5.13. The van der Waals surface area contributed by atoms with Crippen molar-refractivity contribution in [3.63, 3.8) is 0 Å². The fraction of sp³-hybridized carbons (Fsp3) is 1.00. The van der Waals surface area contributed by atoms with Gasteiger partial charge in [0.25, 0.3) is 10.2 Å². The van der Waals surface area contributed by atoms with Gasteiger partial charge in [0.05, 0.1) is 0 Å². The molecule has 0 aromatic rings. The Labute approximate surface area is 98.0 Å². The molecule has 1 atom stereocenters. The van der Waals surface area contributed by atoms with Gasteiger partial charge in [0.1, 0.15) is 0 Å². The molecule has 7 heteroatoms. The third-order valence-electron chi connectivity index (χ3n) is 2.79. The van der Waals surface area contributed by atoms with Gasteiger partial charge in [0.2, 0.25) is 0 Å². The predicted octanol–water partition coefficient (Wildman–Crippen LogP) is -1.19. The van der Waals surface area contributed by atoms with Crippen molar-refractivity contribution in [2.24, 2.45) is 5.73 Å². The summed E-state index contributed by atoms with van der Waals surface area (Å²) in [5.74, 6) is 0. The van der Waals surface area contributed by atoms with Gasteiger partial charge >= 0.3 is 0 Å². The van der Waals surface area contributed by atoms with E-state index in [1.54, 1.807) is 7.05 Å². The van der Waals surface area contributed by atoms with Gasteiger partial charge < -0.3 is 10.6 Å². The van der Waals surface area contributed by atoms with Gasteiger partial charge in [0, 0.05) is 26.2 Å². The van der Waals surface area contributed by atoms with Crippen molar-refractivity contribution >= 4 is 10.2 Å². The minimum absolute atomic E-state index is 0.0373. The van der Waals surface area contributed by atoms with Gasteiger partial charge in [-0.05, 0) is 33.0 Å². The third kappa shape index (κ3) is 3.99. The van der Waals surface area contributed by atoms with Crippen LogP contribution in [0.3, 0.4) is 0 Å². The van der Waals surface area contributed by atoms with E-state index in [1.807, 2.05) is 7.05 Å². The zero-order valence-corrected chi connectivity index (χ0v) is 10.8. The molecule has 1 aliphatic rings.